The fourth-order valence-corrected chi connectivity index (χ4v) is 5.28. The van der Waals surface area contributed by atoms with E-state index in [2.05, 4.69) is 15.9 Å². The van der Waals surface area contributed by atoms with Gasteiger partial charge in [-0.05, 0) is 93.8 Å². The lowest BCUT2D eigenvalue weighted by molar-refractivity contribution is -0.123. The third kappa shape index (κ3) is 6.39. The van der Waals surface area contributed by atoms with Crippen LogP contribution in [0, 0.1) is 0 Å². The Labute approximate surface area is 236 Å². The van der Waals surface area contributed by atoms with Gasteiger partial charge >= 0.3 is 0 Å². The number of thioether (sulfide) groups is 1. The molecule has 36 heavy (non-hydrogen) atoms. The summed E-state index contributed by atoms with van der Waals surface area (Å²) in [6.45, 7) is 2.72. The maximum absolute atomic E-state index is 13.0. The van der Waals surface area contributed by atoms with Crippen LogP contribution in [0.1, 0.15) is 23.6 Å². The van der Waals surface area contributed by atoms with Crippen molar-refractivity contribution in [3.8, 4) is 11.5 Å². The van der Waals surface area contributed by atoms with E-state index in [-0.39, 0.29) is 17.7 Å². The third-order valence-electron chi connectivity index (χ3n) is 5.12. The molecule has 1 aliphatic heterocycles. The van der Waals surface area contributed by atoms with Gasteiger partial charge in [0, 0.05) is 5.02 Å². The molecule has 0 aliphatic carbocycles. The van der Waals surface area contributed by atoms with E-state index in [9.17, 15) is 9.59 Å². The van der Waals surface area contributed by atoms with Gasteiger partial charge in [0.15, 0.2) is 11.5 Å². The summed E-state index contributed by atoms with van der Waals surface area (Å²) in [5, 5.41) is 1.07. The molecule has 1 fully saturated rings. The molecule has 3 aromatic carbocycles. The van der Waals surface area contributed by atoms with Crippen LogP contribution in [-0.2, 0) is 17.9 Å². The predicted molar refractivity (Wildman–Crippen MR) is 149 cm³/mol. The van der Waals surface area contributed by atoms with Gasteiger partial charge in [0.05, 0.1) is 32.6 Å². The SMILES string of the molecule is CCOc1cc(/C=C2\SC(=O)N(Cc3ccc(Cl)c(Cl)c3)C2=O)cc(Br)c1OCc1ccc(Cl)cc1. The maximum atomic E-state index is 13.0. The van der Waals surface area contributed by atoms with E-state index in [0.29, 0.717) is 60.3 Å². The Bertz CT molecular complexity index is 1350. The summed E-state index contributed by atoms with van der Waals surface area (Å²) in [7, 11) is 0. The zero-order chi connectivity index (χ0) is 25.8. The highest BCUT2D eigenvalue weighted by molar-refractivity contribution is 9.10. The first-order valence-corrected chi connectivity index (χ1v) is 13.5. The van der Waals surface area contributed by atoms with Gasteiger partial charge in [-0.25, -0.2) is 0 Å². The van der Waals surface area contributed by atoms with Crippen molar-refractivity contribution in [2.75, 3.05) is 6.61 Å². The molecule has 4 rings (SSSR count). The van der Waals surface area contributed by atoms with Crippen LogP contribution in [0.2, 0.25) is 15.1 Å². The minimum Gasteiger partial charge on any atom is -0.490 e. The van der Waals surface area contributed by atoms with Gasteiger partial charge in [-0.3, -0.25) is 14.5 Å². The first kappa shape index (κ1) is 26.9. The fourth-order valence-electron chi connectivity index (χ4n) is 3.42. The largest absolute Gasteiger partial charge is 0.490 e. The Morgan fingerprint density at radius 3 is 2.36 bits per heavy atom. The Balaban J connectivity index is 1.54. The number of halogens is 4. The van der Waals surface area contributed by atoms with Crippen molar-refractivity contribution < 1.29 is 19.1 Å². The highest BCUT2D eigenvalue weighted by Gasteiger charge is 2.35. The van der Waals surface area contributed by atoms with Gasteiger partial charge in [-0.2, -0.15) is 0 Å². The molecule has 0 atom stereocenters. The topological polar surface area (TPSA) is 55.8 Å². The van der Waals surface area contributed by atoms with Gasteiger partial charge in [-0.15, -0.1) is 0 Å². The van der Waals surface area contributed by atoms with E-state index in [0.717, 1.165) is 17.3 Å². The van der Waals surface area contributed by atoms with Crippen LogP contribution >= 0.6 is 62.5 Å². The molecule has 0 N–H and O–H groups in total. The van der Waals surface area contributed by atoms with Crippen LogP contribution in [0.4, 0.5) is 4.79 Å². The number of carbonyl (C=O) groups excluding carboxylic acids is 2. The molecule has 0 aromatic heterocycles. The van der Waals surface area contributed by atoms with E-state index < -0.39 is 0 Å². The van der Waals surface area contributed by atoms with Gasteiger partial charge < -0.3 is 9.47 Å². The molecule has 186 valence electrons. The summed E-state index contributed by atoms with van der Waals surface area (Å²) in [6.07, 6.45) is 1.66. The second kappa shape index (κ2) is 11.9. The molecule has 0 spiro atoms. The number of imide groups is 1. The summed E-state index contributed by atoms with van der Waals surface area (Å²) in [5.41, 5.74) is 2.34. The number of amides is 2. The zero-order valence-electron chi connectivity index (χ0n) is 18.9. The molecule has 0 bridgehead atoms. The lowest BCUT2D eigenvalue weighted by Gasteiger charge is -2.15. The first-order valence-electron chi connectivity index (χ1n) is 10.8. The summed E-state index contributed by atoms with van der Waals surface area (Å²) >= 11 is 22.4. The number of hydrogen-bond acceptors (Lipinski definition) is 5. The Morgan fingerprint density at radius 1 is 0.944 bits per heavy atom. The zero-order valence-corrected chi connectivity index (χ0v) is 23.6. The standard InChI is InChI=1S/C26H19BrCl3NO4S/c1-2-34-22-11-17(9-19(27)24(22)35-14-15-3-6-18(28)7-4-15)12-23-25(32)31(26(33)36-23)13-16-5-8-20(29)21(30)10-16/h3-12H,2,13-14H2,1H3/b23-12-. The molecule has 3 aromatic rings. The predicted octanol–water partition coefficient (Wildman–Crippen LogP) is 8.62. The Hall–Kier alpha value is -2.16. The molecule has 1 saturated heterocycles. The quantitative estimate of drug-likeness (QED) is 0.234. The van der Waals surface area contributed by atoms with Gasteiger partial charge in [0.1, 0.15) is 6.61 Å². The fraction of sp³-hybridized carbons (Fsp3) is 0.154. The maximum Gasteiger partial charge on any atom is 0.293 e. The number of ether oxygens (including phenoxy) is 2. The van der Waals surface area contributed by atoms with Crippen molar-refractivity contribution in [1.29, 1.82) is 0 Å². The normalized spacial score (nSPS) is 14.6. The average Bonchev–Trinajstić information content (AvgIpc) is 3.09. The molecule has 10 heteroatoms. The molecule has 0 radical (unpaired) electrons. The first-order chi connectivity index (χ1) is 17.2. The number of nitrogens with zero attached hydrogens (tertiary/aromatic N) is 1. The van der Waals surface area contributed by atoms with Crippen LogP contribution in [0.3, 0.4) is 0 Å². The highest BCUT2D eigenvalue weighted by Crippen LogP contribution is 2.40. The van der Waals surface area contributed by atoms with Crippen LogP contribution in [-0.4, -0.2) is 22.7 Å². The van der Waals surface area contributed by atoms with E-state index in [1.807, 2.05) is 25.1 Å². The monoisotopic (exact) mass is 625 g/mol. The van der Waals surface area contributed by atoms with Gasteiger partial charge in [-0.1, -0.05) is 53.0 Å². The van der Waals surface area contributed by atoms with Gasteiger partial charge in [0.25, 0.3) is 11.1 Å². The Kier molecular flexibility index (Phi) is 8.91. The number of carbonyl (C=O) groups is 2. The van der Waals surface area contributed by atoms with E-state index in [1.54, 1.807) is 42.5 Å². The van der Waals surface area contributed by atoms with Crippen molar-refractivity contribution in [3.63, 3.8) is 0 Å². The summed E-state index contributed by atoms with van der Waals surface area (Å²) in [6, 6.07) is 16.0. The molecule has 1 heterocycles. The number of benzene rings is 3. The van der Waals surface area contributed by atoms with Crippen LogP contribution in [0.25, 0.3) is 6.08 Å². The lowest BCUT2D eigenvalue weighted by atomic mass is 10.1. The van der Waals surface area contributed by atoms with Crippen LogP contribution in [0.5, 0.6) is 11.5 Å². The minimum absolute atomic E-state index is 0.101. The molecular weight excluding hydrogens is 609 g/mol. The van der Waals surface area contributed by atoms with E-state index >= 15 is 0 Å². The second-order valence-corrected chi connectivity index (χ2v) is 10.8. The summed E-state index contributed by atoms with van der Waals surface area (Å²) in [5.74, 6) is 0.673. The van der Waals surface area contributed by atoms with Crippen molar-refractivity contribution >= 4 is 79.7 Å². The highest BCUT2D eigenvalue weighted by atomic mass is 79.9. The summed E-state index contributed by atoms with van der Waals surface area (Å²) < 4.78 is 12.5. The second-order valence-electron chi connectivity index (χ2n) is 7.69. The third-order valence-corrected chi connectivity index (χ3v) is 7.61. The van der Waals surface area contributed by atoms with Crippen LogP contribution in [0.15, 0.2) is 64.0 Å². The number of rotatable bonds is 8. The van der Waals surface area contributed by atoms with E-state index in [4.69, 9.17) is 44.3 Å². The van der Waals surface area contributed by atoms with Crippen LogP contribution < -0.4 is 9.47 Å². The smallest absolute Gasteiger partial charge is 0.293 e. The minimum atomic E-state index is -0.381. The Morgan fingerprint density at radius 2 is 1.67 bits per heavy atom. The summed E-state index contributed by atoms with van der Waals surface area (Å²) in [4.78, 5) is 27.1. The molecule has 0 saturated carbocycles. The average molecular weight is 628 g/mol. The molecular formula is C26H19BrCl3NO4S. The van der Waals surface area contributed by atoms with Crippen molar-refractivity contribution in [3.05, 3.63) is 95.7 Å². The molecule has 0 unspecified atom stereocenters. The van der Waals surface area contributed by atoms with Crippen molar-refractivity contribution in [2.45, 2.75) is 20.1 Å². The molecule has 5 nitrogen and oxygen atoms in total. The van der Waals surface area contributed by atoms with Gasteiger partial charge in [0.2, 0.25) is 0 Å². The van der Waals surface area contributed by atoms with Crippen molar-refractivity contribution in [1.82, 2.24) is 4.90 Å². The lowest BCUT2D eigenvalue weighted by Crippen LogP contribution is -2.27. The van der Waals surface area contributed by atoms with Crippen molar-refractivity contribution in [2.24, 2.45) is 0 Å². The molecule has 2 amide bonds. The number of hydrogen-bond donors (Lipinski definition) is 0. The van der Waals surface area contributed by atoms with E-state index in [1.165, 1.54) is 4.90 Å². The molecule has 1 aliphatic rings.